The Balaban J connectivity index is 2.75. The Labute approximate surface area is 115 Å². The van der Waals surface area contributed by atoms with Gasteiger partial charge in [0.05, 0.1) is 0 Å². The second-order valence-electron chi connectivity index (χ2n) is 5.20. The molecule has 0 radical (unpaired) electrons. The van der Waals surface area contributed by atoms with Gasteiger partial charge in [-0.1, -0.05) is 57.0 Å². The molecule has 0 nitrogen and oxygen atoms in total. The first-order valence-corrected chi connectivity index (χ1v) is 7.39. The Bertz CT molecular complexity index is 302. The first kappa shape index (κ1) is 14.9. The van der Waals surface area contributed by atoms with Crippen LogP contribution in [0.4, 0.5) is 0 Å². The average Bonchev–Trinajstić information content (AvgIpc) is 2.36. The topological polar surface area (TPSA) is 0 Å². The molecule has 0 aliphatic rings. The van der Waals surface area contributed by atoms with Crippen molar-refractivity contribution >= 4 is 23.2 Å². The van der Waals surface area contributed by atoms with Crippen LogP contribution >= 0.6 is 23.2 Å². The van der Waals surface area contributed by atoms with Gasteiger partial charge in [-0.25, -0.2) is 0 Å². The van der Waals surface area contributed by atoms with E-state index in [1.165, 1.54) is 18.4 Å². The Hall–Kier alpha value is -0.200. The largest absolute Gasteiger partial charge is 0.126 e. The predicted octanol–water partition coefficient (Wildman–Crippen LogP) is 5.23. The molecule has 0 heterocycles. The van der Waals surface area contributed by atoms with E-state index in [-0.39, 0.29) is 5.41 Å². The van der Waals surface area contributed by atoms with Gasteiger partial charge in [-0.3, -0.25) is 0 Å². The summed E-state index contributed by atoms with van der Waals surface area (Å²) >= 11 is 12.4. The fourth-order valence-electron chi connectivity index (χ4n) is 2.11. The van der Waals surface area contributed by atoms with Crippen molar-refractivity contribution in [3.8, 4) is 0 Å². The van der Waals surface area contributed by atoms with Gasteiger partial charge in [-0.05, 0) is 17.9 Å². The van der Waals surface area contributed by atoms with E-state index in [4.69, 9.17) is 23.2 Å². The molecule has 0 amide bonds. The normalized spacial score (nSPS) is 12.1. The van der Waals surface area contributed by atoms with Crippen LogP contribution in [0.25, 0.3) is 0 Å². The summed E-state index contributed by atoms with van der Waals surface area (Å²) in [4.78, 5) is 0. The number of halogens is 2. The van der Waals surface area contributed by atoms with Crippen LogP contribution in [0.1, 0.15) is 38.7 Å². The van der Waals surface area contributed by atoms with Gasteiger partial charge >= 0.3 is 0 Å². The van der Waals surface area contributed by atoms with Crippen LogP contribution in [0.5, 0.6) is 0 Å². The third-order valence-electron chi connectivity index (χ3n) is 3.33. The van der Waals surface area contributed by atoms with Crippen molar-refractivity contribution in [3.63, 3.8) is 0 Å². The second-order valence-corrected chi connectivity index (χ2v) is 5.73. The highest BCUT2D eigenvalue weighted by molar-refractivity contribution is 6.22. The van der Waals surface area contributed by atoms with E-state index in [0.717, 1.165) is 12.3 Å². The van der Waals surface area contributed by atoms with Crippen LogP contribution in [0.15, 0.2) is 30.3 Å². The maximum Gasteiger partial charge on any atom is 0.0332 e. The van der Waals surface area contributed by atoms with E-state index in [0.29, 0.717) is 11.8 Å². The predicted molar refractivity (Wildman–Crippen MR) is 78.2 cm³/mol. The van der Waals surface area contributed by atoms with Crippen LogP contribution in [-0.2, 0) is 5.41 Å². The molecule has 0 bridgehead atoms. The fourth-order valence-corrected chi connectivity index (χ4v) is 2.97. The molecule has 0 N–H and O–H groups in total. The van der Waals surface area contributed by atoms with Crippen LogP contribution in [-0.4, -0.2) is 11.8 Å². The Kier molecular flexibility index (Phi) is 6.37. The molecule has 0 unspecified atom stereocenters. The molecule has 96 valence electrons. The molecule has 2 heteroatoms. The van der Waals surface area contributed by atoms with Crippen molar-refractivity contribution in [3.05, 3.63) is 35.9 Å². The third kappa shape index (κ3) is 4.19. The quantitative estimate of drug-likeness (QED) is 0.597. The average molecular weight is 273 g/mol. The third-order valence-corrected chi connectivity index (χ3v) is 4.36. The zero-order valence-electron chi connectivity index (χ0n) is 10.8. The molecule has 17 heavy (non-hydrogen) atoms. The van der Waals surface area contributed by atoms with Crippen molar-refractivity contribution in [2.24, 2.45) is 5.92 Å². The van der Waals surface area contributed by atoms with Crippen molar-refractivity contribution in [2.75, 3.05) is 11.8 Å². The smallest absolute Gasteiger partial charge is 0.0332 e. The Morgan fingerprint density at radius 1 is 1.06 bits per heavy atom. The highest BCUT2D eigenvalue weighted by Crippen LogP contribution is 2.33. The minimum Gasteiger partial charge on any atom is -0.126 e. The fraction of sp³-hybridized carbons (Fsp3) is 0.600. The van der Waals surface area contributed by atoms with E-state index in [1.54, 1.807) is 0 Å². The molecule has 1 aromatic rings. The maximum atomic E-state index is 6.19. The summed E-state index contributed by atoms with van der Waals surface area (Å²) in [6.45, 7) is 4.51. The molecular weight excluding hydrogens is 251 g/mol. The van der Waals surface area contributed by atoms with E-state index in [1.807, 2.05) is 6.07 Å². The summed E-state index contributed by atoms with van der Waals surface area (Å²) in [5.74, 6) is 1.94. The van der Waals surface area contributed by atoms with Gasteiger partial charge in [0.15, 0.2) is 0 Å². The van der Waals surface area contributed by atoms with Crippen molar-refractivity contribution in [2.45, 2.75) is 38.5 Å². The Morgan fingerprint density at radius 3 is 2.12 bits per heavy atom. The monoisotopic (exact) mass is 272 g/mol. The van der Waals surface area contributed by atoms with Crippen LogP contribution in [0, 0.1) is 5.92 Å². The van der Waals surface area contributed by atoms with E-state index >= 15 is 0 Å². The lowest BCUT2D eigenvalue weighted by molar-refractivity contribution is 0.432. The lowest BCUT2D eigenvalue weighted by Crippen LogP contribution is -2.30. The number of rotatable bonds is 7. The molecule has 0 aliphatic carbocycles. The first-order chi connectivity index (χ1) is 8.14. The van der Waals surface area contributed by atoms with Gasteiger partial charge in [0, 0.05) is 17.2 Å². The lowest BCUT2D eigenvalue weighted by atomic mass is 9.79. The minimum absolute atomic E-state index is 0.0563. The number of hydrogen-bond donors (Lipinski definition) is 0. The maximum absolute atomic E-state index is 6.19. The van der Waals surface area contributed by atoms with Gasteiger partial charge < -0.3 is 0 Å². The zero-order valence-corrected chi connectivity index (χ0v) is 12.3. The second kappa shape index (κ2) is 7.28. The summed E-state index contributed by atoms with van der Waals surface area (Å²) in [6.07, 6.45) is 3.50. The summed E-state index contributed by atoms with van der Waals surface area (Å²) in [5.41, 5.74) is 1.22. The van der Waals surface area contributed by atoms with Crippen molar-refractivity contribution in [1.82, 2.24) is 0 Å². The van der Waals surface area contributed by atoms with Crippen LogP contribution in [0.3, 0.4) is 0 Å². The van der Waals surface area contributed by atoms with E-state index < -0.39 is 0 Å². The molecule has 0 atom stereocenters. The molecule has 0 fully saturated rings. The van der Waals surface area contributed by atoms with Gasteiger partial charge in [-0.2, -0.15) is 0 Å². The summed E-state index contributed by atoms with van der Waals surface area (Å²) in [7, 11) is 0. The first-order valence-electron chi connectivity index (χ1n) is 6.32. The highest BCUT2D eigenvalue weighted by Gasteiger charge is 2.29. The molecule has 0 aliphatic heterocycles. The Morgan fingerprint density at radius 2 is 1.65 bits per heavy atom. The SMILES string of the molecule is CC(C)CCCC(CCl)(CCl)c1ccccc1. The van der Waals surface area contributed by atoms with Gasteiger partial charge in [0.1, 0.15) is 0 Å². The molecule has 0 spiro atoms. The number of hydrogen-bond acceptors (Lipinski definition) is 0. The number of benzene rings is 1. The van der Waals surface area contributed by atoms with Crippen LogP contribution in [0.2, 0.25) is 0 Å². The van der Waals surface area contributed by atoms with E-state index in [9.17, 15) is 0 Å². The van der Waals surface area contributed by atoms with Crippen molar-refractivity contribution in [1.29, 1.82) is 0 Å². The van der Waals surface area contributed by atoms with Crippen LogP contribution < -0.4 is 0 Å². The molecule has 1 aromatic carbocycles. The van der Waals surface area contributed by atoms with Gasteiger partial charge in [0.2, 0.25) is 0 Å². The number of alkyl halides is 2. The van der Waals surface area contributed by atoms with Gasteiger partial charge in [0.25, 0.3) is 0 Å². The highest BCUT2D eigenvalue weighted by atomic mass is 35.5. The molecular formula is C15H22Cl2. The van der Waals surface area contributed by atoms with Gasteiger partial charge in [-0.15, -0.1) is 23.2 Å². The summed E-state index contributed by atoms with van der Waals surface area (Å²) < 4.78 is 0. The standard InChI is InChI=1S/C15H22Cl2/c1-13(2)7-6-10-15(11-16,12-17)14-8-4-3-5-9-14/h3-5,8-9,13H,6-7,10-12H2,1-2H3. The lowest BCUT2D eigenvalue weighted by Gasteiger charge is -2.30. The molecule has 0 saturated carbocycles. The summed E-state index contributed by atoms with van der Waals surface area (Å²) in [5, 5.41) is 0. The molecule has 1 rings (SSSR count). The zero-order chi connectivity index (χ0) is 12.7. The molecule has 0 aromatic heterocycles. The molecule has 0 saturated heterocycles. The van der Waals surface area contributed by atoms with E-state index in [2.05, 4.69) is 38.1 Å². The minimum atomic E-state index is -0.0563. The summed E-state index contributed by atoms with van der Waals surface area (Å²) in [6, 6.07) is 10.4. The van der Waals surface area contributed by atoms with Crippen molar-refractivity contribution < 1.29 is 0 Å².